The lowest BCUT2D eigenvalue weighted by atomic mass is 10.2. The second-order valence-electron chi connectivity index (χ2n) is 3.19. The number of rotatable bonds is 5. The molecule has 0 unspecified atom stereocenters. The second-order valence-corrected chi connectivity index (χ2v) is 4.98. The summed E-state index contributed by atoms with van der Waals surface area (Å²) in [6.07, 6.45) is 4.41. The Labute approximate surface area is 93.8 Å². The van der Waals surface area contributed by atoms with Crippen LogP contribution in [0, 0.1) is 0 Å². The number of benzene rings is 1. The lowest BCUT2D eigenvalue weighted by molar-refractivity contribution is 0.881. The highest BCUT2D eigenvalue weighted by molar-refractivity contribution is 6.55. The summed E-state index contributed by atoms with van der Waals surface area (Å²) in [6, 6.07) is 7.35. The van der Waals surface area contributed by atoms with Crippen molar-refractivity contribution < 1.29 is 0 Å². The van der Waals surface area contributed by atoms with Crippen molar-refractivity contribution in [3.8, 4) is 0 Å². The maximum absolute atomic E-state index is 6.08. The maximum Gasteiger partial charge on any atom is 0.0816 e. The zero-order valence-electron chi connectivity index (χ0n) is 8.52. The van der Waals surface area contributed by atoms with Gasteiger partial charge in [-0.25, -0.2) is 0 Å². The summed E-state index contributed by atoms with van der Waals surface area (Å²) < 4.78 is 0. The van der Waals surface area contributed by atoms with Gasteiger partial charge in [-0.05, 0) is 11.6 Å². The molecule has 0 aliphatic heterocycles. The molecule has 0 amide bonds. The Balaban J connectivity index is 2.75. The molecule has 0 N–H and O–H groups in total. The van der Waals surface area contributed by atoms with Crippen LogP contribution in [-0.2, 0) is 0 Å². The molecule has 74 valence electrons. The van der Waals surface area contributed by atoms with Crippen LogP contribution >= 0.6 is 11.6 Å². The van der Waals surface area contributed by atoms with Crippen LogP contribution in [-0.4, -0.2) is 9.52 Å². The van der Waals surface area contributed by atoms with Gasteiger partial charge in [0.05, 0.1) is 9.52 Å². The Morgan fingerprint density at radius 1 is 1.50 bits per heavy atom. The van der Waals surface area contributed by atoms with Crippen LogP contribution in [0.1, 0.15) is 25.3 Å². The second kappa shape index (κ2) is 6.05. The minimum Gasteiger partial charge on any atom is -0.0984 e. The molecule has 0 aliphatic carbocycles. The van der Waals surface area contributed by atoms with E-state index in [1.807, 2.05) is 18.2 Å². The van der Waals surface area contributed by atoms with Gasteiger partial charge in [0.2, 0.25) is 0 Å². The van der Waals surface area contributed by atoms with Gasteiger partial charge in [0.1, 0.15) is 0 Å². The summed E-state index contributed by atoms with van der Waals surface area (Å²) in [5.41, 5.74) is 1.11. The first kappa shape index (κ1) is 11.5. The molecule has 0 nitrogen and oxygen atoms in total. The summed E-state index contributed by atoms with van der Waals surface area (Å²) in [7, 11) is 0.858. The molecule has 0 atom stereocenters. The third kappa shape index (κ3) is 3.00. The summed E-state index contributed by atoms with van der Waals surface area (Å²) in [5, 5.41) is 2.17. The number of halogens is 1. The van der Waals surface area contributed by atoms with E-state index in [2.05, 4.69) is 19.6 Å². The fourth-order valence-corrected chi connectivity index (χ4v) is 3.07. The van der Waals surface area contributed by atoms with Crippen molar-refractivity contribution >= 4 is 32.4 Å². The molecule has 0 spiro atoms. The monoisotopic (exact) mass is 222 g/mol. The molecule has 2 radical (unpaired) electrons. The van der Waals surface area contributed by atoms with Crippen molar-refractivity contribution in [3.63, 3.8) is 0 Å². The molecule has 14 heavy (non-hydrogen) atoms. The smallest absolute Gasteiger partial charge is 0.0816 e. The van der Waals surface area contributed by atoms with E-state index in [4.69, 9.17) is 11.6 Å². The van der Waals surface area contributed by atoms with Crippen LogP contribution < -0.4 is 5.19 Å². The van der Waals surface area contributed by atoms with Crippen LogP contribution in [0.25, 0.3) is 6.08 Å². The van der Waals surface area contributed by atoms with Gasteiger partial charge in [0, 0.05) is 5.02 Å². The summed E-state index contributed by atoms with van der Waals surface area (Å²) in [6.45, 7) is 6.02. The van der Waals surface area contributed by atoms with Gasteiger partial charge in [-0.1, -0.05) is 67.4 Å². The van der Waals surface area contributed by atoms with Gasteiger partial charge in [-0.3, -0.25) is 0 Å². The fraction of sp³-hybridized carbons (Fsp3) is 0.333. The molecular formula is C12H15ClSi. The highest BCUT2D eigenvalue weighted by Crippen LogP contribution is 2.14. The number of hydrogen-bond acceptors (Lipinski definition) is 0. The van der Waals surface area contributed by atoms with E-state index >= 15 is 0 Å². The molecule has 0 bridgehead atoms. The molecule has 0 saturated heterocycles. The van der Waals surface area contributed by atoms with Crippen molar-refractivity contribution in [1.29, 1.82) is 0 Å². The molecular weight excluding hydrogens is 208 g/mol. The van der Waals surface area contributed by atoms with E-state index in [1.54, 1.807) is 0 Å². The van der Waals surface area contributed by atoms with Gasteiger partial charge >= 0.3 is 0 Å². The lowest BCUT2D eigenvalue weighted by Crippen LogP contribution is -2.17. The fourth-order valence-electron chi connectivity index (χ4n) is 1.30. The Hall–Kier alpha value is -0.533. The van der Waals surface area contributed by atoms with Crippen molar-refractivity contribution in [2.24, 2.45) is 0 Å². The third-order valence-corrected chi connectivity index (χ3v) is 3.85. The highest BCUT2D eigenvalue weighted by Gasteiger charge is 2.03. The van der Waals surface area contributed by atoms with Crippen molar-refractivity contribution in [2.75, 3.05) is 0 Å². The Bertz CT molecular complexity index is 307. The quantitative estimate of drug-likeness (QED) is 0.528. The Morgan fingerprint density at radius 2 is 2.29 bits per heavy atom. The molecule has 2 heteroatoms. The average molecular weight is 223 g/mol. The minimum absolute atomic E-state index is 0.821. The minimum atomic E-state index is 0.821. The molecule has 0 fully saturated rings. The molecule has 0 aromatic heterocycles. The van der Waals surface area contributed by atoms with Gasteiger partial charge in [-0.15, -0.1) is 0 Å². The van der Waals surface area contributed by atoms with Gasteiger partial charge in [0.15, 0.2) is 0 Å². The van der Waals surface area contributed by atoms with E-state index in [0.29, 0.717) is 0 Å². The van der Waals surface area contributed by atoms with Crippen LogP contribution in [0.4, 0.5) is 0 Å². The van der Waals surface area contributed by atoms with E-state index in [1.165, 1.54) is 24.1 Å². The van der Waals surface area contributed by atoms with Gasteiger partial charge in [0.25, 0.3) is 0 Å². The van der Waals surface area contributed by atoms with Crippen LogP contribution in [0.2, 0.25) is 11.1 Å². The largest absolute Gasteiger partial charge is 0.0984 e. The van der Waals surface area contributed by atoms with Crippen molar-refractivity contribution in [1.82, 2.24) is 0 Å². The van der Waals surface area contributed by atoms with Crippen LogP contribution in [0.3, 0.4) is 0 Å². The van der Waals surface area contributed by atoms with Crippen LogP contribution in [0.5, 0.6) is 0 Å². The van der Waals surface area contributed by atoms with E-state index in [9.17, 15) is 0 Å². The molecule has 1 rings (SSSR count). The Morgan fingerprint density at radius 3 is 2.93 bits per heavy atom. The maximum atomic E-state index is 6.08. The molecule has 1 aromatic rings. The molecule has 0 saturated carbocycles. The predicted molar refractivity (Wildman–Crippen MR) is 66.6 cm³/mol. The van der Waals surface area contributed by atoms with Gasteiger partial charge in [-0.2, -0.15) is 0 Å². The summed E-state index contributed by atoms with van der Waals surface area (Å²) in [4.78, 5) is 0. The summed E-state index contributed by atoms with van der Waals surface area (Å²) >= 11 is 6.08. The number of hydrogen-bond donors (Lipinski definition) is 0. The first-order valence-corrected chi connectivity index (χ1v) is 6.53. The van der Waals surface area contributed by atoms with E-state index in [-0.39, 0.29) is 0 Å². The number of unbranched alkanes of at least 4 members (excludes halogenated alkanes) is 1. The lowest BCUT2D eigenvalue weighted by Gasteiger charge is -2.06. The van der Waals surface area contributed by atoms with Gasteiger partial charge < -0.3 is 0 Å². The first-order chi connectivity index (χ1) is 6.79. The van der Waals surface area contributed by atoms with E-state index < -0.39 is 0 Å². The topological polar surface area (TPSA) is 0 Å². The van der Waals surface area contributed by atoms with Crippen molar-refractivity contribution in [2.45, 2.75) is 25.8 Å². The third-order valence-electron chi connectivity index (χ3n) is 2.10. The average Bonchev–Trinajstić information content (AvgIpc) is 2.18. The highest BCUT2D eigenvalue weighted by atomic mass is 35.5. The zero-order valence-corrected chi connectivity index (χ0v) is 10.3. The predicted octanol–water partition coefficient (Wildman–Crippen LogP) is 3.53. The standard InChI is InChI=1S/C12H15ClSi/c1-3-5-9-14-12-8-6-7-11(13)10(12)4-2/h4,6-8H,2-3,5,9H2,1H3. The zero-order chi connectivity index (χ0) is 10.4. The van der Waals surface area contributed by atoms with E-state index in [0.717, 1.165) is 20.1 Å². The van der Waals surface area contributed by atoms with Crippen LogP contribution in [0.15, 0.2) is 24.8 Å². The molecule has 1 aromatic carbocycles. The Kier molecular flexibility index (Phi) is 4.98. The molecule has 0 aliphatic rings. The van der Waals surface area contributed by atoms with Crippen molar-refractivity contribution in [3.05, 3.63) is 35.4 Å². The molecule has 0 heterocycles. The normalized spacial score (nSPS) is 10.1. The summed E-state index contributed by atoms with van der Waals surface area (Å²) in [5.74, 6) is 0. The SMILES string of the molecule is C=Cc1c(Cl)cccc1[Si]CCCC. The first-order valence-electron chi connectivity index (χ1n) is 4.94.